The van der Waals surface area contributed by atoms with Gasteiger partial charge in [-0.25, -0.2) is 0 Å². The van der Waals surface area contributed by atoms with Gasteiger partial charge in [0.15, 0.2) is 0 Å². The Morgan fingerprint density at radius 2 is 2.36 bits per heavy atom. The van der Waals surface area contributed by atoms with Crippen LogP contribution in [0.2, 0.25) is 0 Å². The lowest BCUT2D eigenvalue weighted by atomic mass is 10.4. The van der Waals surface area contributed by atoms with Gasteiger partial charge in [0.25, 0.3) is 0 Å². The van der Waals surface area contributed by atoms with E-state index < -0.39 is 10.8 Å². The van der Waals surface area contributed by atoms with E-state index in [2.05, 4.69) is 0 Å². The molecule has 0 aromatic carbocycles. The van der Waals surface area contributed by atoms with Gasteiger partial charge in [0, 0.05) is 34.8 Å². The number of hydrogen-bond acceptors (Lipinski definition) is 3. The number of nitrogens with zero attached hydrogens (tertiary/aromatic N) is 1. The Kier molecular flexibility index (Phi) is 6.09. The summed E-state index contributed by atoms with van der Waals surface area (Å²) in [5.41, 5.74) is 5.44. The van der Waals surface area contributed by atoms with Crippen molar-refractivity contribution in [1.82, 2.24) is 0 Å². The highest BCUT2D eigenvalue weighted by Gasteiger charge is 2.01. The van der Waals surface area contributed by atoms with Gasteiger partial charge < -0.3 is 5.73 Å². The number of unbranched alkanes of at least 4 members (excludes halogenated alkanes) is 1. The summed E-state index contributed by atoms with van der Waals surface area (Å²) in [5.74, 6) is 1.15. The van der Waals surface area contributed by atoms with Crippen LogP contribution in [0.15, 0.2) is 0 Å². The van der Waals surface area contributed by atoms with Gasteiger partial charge in [-0.3, -0.25) is 4.21 Å². The van der Waals surface area contributed by atoms with Crippen molar-refractivity contribution in [2.45, 2.75) is 25.8 Å². The van der Waals surface area contributed by atoms with Gasteiger partial charge in [0.2, 0.25) is 0 Å². The van der Waals surface area contributed by atoms with Crippen molar-refractivity contribution in [2.24, 2.45) is 5.73 Å². The molecule has 0 fully saturated rings. The van der Waals surface area contributed by atoms with Crippen molar-refractivity contribution in [2.75, 3.05) is 11.5 Å². The molecule has 0 bridgehead atoms. The summed E-state index contributed by atoms with van der Waals surface area (Å²) in [6, 6.07) is 2.01. The van der Waals surface area contributed by atoms with Crippen LogP contribution in [0.1, 0.15) is 19.8 Å². The monoisotopic (exact) mass is 174 g/mol. The first-order valence-electron chi connectivity index (χ1n) is 3.64. The van der Waals surface area contributed by atoms with Crippen molar-refractivity contribution >= 4 is 10.8 Å². The molecule has 0 aromatic rings. The molecule has 11 heavy (non-hydrogen) atoms. The standard InChI is InChI=1S/C7H14N2OS/c1-7(9)6-11(10)5-3-2-4-8/h7H,2-3,5-6,9H2,1H3. The van der Waals surface area contributed by atoms with Gasteiger partial charge in [-0.15, -0.1) is 0 Å². The van der Waals surface area contributed by atoms with Crippen LogP contribution in [-0.4, -0.2) is 21.8 Å². The van der Waals surface area contributed by atoms with Gasteiger partial charge in [0.05, 0.1) is 6.07 Å². The summed E-state index contributed by atoms with van der Waals surface area (Å²) in [7, 11) is -0.828. The molecule has 0 aliphatic rings. The molecule has 0 saturated heterocycles. The smallest absolute Gasteiger partial charge is 0.0622 e. The Morgan fingerprint density at radius 1 is 1.73 bits per heavy atom. The molecule has 2 N–H and O–H groups in total. The lowest BCUT2D eigenvalue weighted by Gasteiger charge is -2.02. The minimum absolute atomic E-state index is 0.00193. The van der Waals surface area contributed by atoms with Gasteiger partial charge in [-0.1, -0.05) is 0 Å². The molecule has 0 amide bonds. The zero-order chi connectivity index (χ0) is 8.69. The summed E-state index contributed by atoms with van der Waals surface area (Å²) in [6.07, 6.45) is 1.21. The van der Waals surface area contributed by atoms with E-state index in [1.165, 1.54) is 0 Å². The predicted molar refractivity (Wildman–Crippen MR) is 46.4 cm³/mol. The van der Waals surface area contributed by atoms with Crippen molar-refractivity contribution in [3.63, 3.8) is 0 Å². The van der Waals surface area contributed by atoms with Crippen molar-refractivity contribution in [3.05, 3.63) is 0 Å². The molecular formula is C7H14N2OS. The van der Waals surface area contributed by atoms with Crippen molar-refractivity contribution in [1.29, 1.82) is 5.26 Å². The van der Waals surface area contributed by atoms with Crippen LogP contribution in [0.5, 0.6) is 0 Å². The zero-order valence-corrected chi connectivity index (χ0v) is 7.56. The summed E-state index contributed by atoms with van der Waals surface area (Å²) in [5, 5.41) is 8.19. The predicted octanol–water partition coefficient (Wildman–Crippen LogP) is 0.386. The molecule has 0 saturated carbocycles. The average Bonchev–Trinajstić information content (AvgIpc) is 1.86. The Morgan fingerprint density at radius 3 is 2.82 bits per heavy atom. The Labute approximate surface area is 70.0 Å². The maximum atomic E-state index is 11.0. The topological polar surface area (TPSA) is 66.9 Å². The first kappa shape index (κ1) is 10.6. The van der Waals surface area contributed by atoms with E-state index in [1.54, 1.807) is 0 Å². The first-order chi connectivity index (χ1) is 5.16. The molecule has 0 spiro atoms. The molecule has 3 nitrogen and oxygen atoms in total. The van der Waals surface area contributed by atoms with E-state index in [9.17, 15) is 4.21 Å². The molecule has 0 aromatic heterocycles. The fourth-order valence-electron chi connectivity index (χ4n) is 0.689. The van der Waals surface area contributed by atoms with Crippen LogP contribution < -0.4 is 5.73 Å². The fourth-order valence-corrected chi connectivity index (χ4v) is 1.91. The Hall–Kier alpha value is -0.400. The SMILES string of the molecule is CC(N)CS(=O)CCCC#N. The Bertz CT molecular complexity index is 162. The second kappa shape index (κ2) is 6.32. The minimum atomic E-state index is -0.828. The molecule has 0 aliphatic carbocycles. The summed E-state index contributed by atoms with van der Waals surface area (Å²) in [6.45, 7) is 1.84. The minimum Gasteiger partial charge on any atom is -0.327 e. The number of rotatable bonds is 5. The molecule has 0 heterocycles. The highest BCUT2D eigenvalue weighted by atomic mass is 32.2. The van der Waals surface area contributed by atoms with Crippen molar-refractivity contribution < 1.29 is 4.21 Å². The molecule has 0 aliphatic heterocycles. The highest BCUT2D eigenvalue weighted by molar-refractivity contribution is 7.85. The maximum Gasteiger partial charge on any atom is 0.0622 e. The molecule has 4 heteroatoms. The molecule has 0 rings (SSSR count). The third-order valence-corrected chi connectivity index (χ3v) is 2.75. The van der Waals surface area contributed by atoms with Crippen LogP contribution in [0, 0.1) is 11.3 Å². The first-order valence-corrected chi connectivity index (χ1v) is 5.13. The third kappa shape index (κ3) is 7.50. The zero-order valence-electron chi connectivity index (χ0n) is 6.75. The largest absolute Gasteiger partial charge is 0.327 e. The lowest BCUT2D eigenvalue weighted by molar-refractivity contribution is 0.674. The second-order valence-corrected chi connectivity index (χ2v) is 4.17. The van der Waals surface area contributed by atoms with Crippen LogP contribution >= 0.6 is 0 Å². The van der Waals surface area contributed by atoms with E-state index >= 15 is 0 Å². The lowest BCUT2D eigenvalue weighted by Crippen LogP contribution is -2.24. The second-order valence-electron chi connectivity index (χ2n) is 2.55. The van der Waals surface area contributed by atoms with Gasteiger partial charge in [-0.2, -0.15) is 5.26 Å². The fraction of sp³-hybridized carbons (Fsp3) is 0.857. The maximum absolute atomic E-state index is 11.0. The normalized spacial score (nSPS) is 15.4. The van der Waals surface area contributed by atoms with Gasteiger partial charge in [0.1, 0.15) is 0 Å². The van der Waals surface area contributed by atoms with E-state index in [0.717, 1.165) is 6.42 Å². The number of hydrogen-bond donors (Lipinski definition) is 1. The number of nitriles is 1. The Balaban J connectivity index is 3.32. The third-order valence-electron chi connectivity index (χ3n) is 1.11. The summed E-state index contributed by atoms with van der Waals surface area (Å²) < 4.78 is 11.0. The van der Waals surface area contributed by atoms with Crippen LogP contribution in [0.25, 0.3) is 0 Å². The molecule has 0 radical (unpaired) electrons. The van der Waals surface area contributed by atoms with E-state index in [4.69, 9.17) is 11.0 Å². The van der Waals surface area contributed by atoms with Gasteiger partial charge in [-0.05, 0) is 13.3 Å². The van der Waals surface area contributed by atoms with Crippen LogP contribution in [0.4, 0.5) is 0 Å². The molecule has 2 atom stereocenters. The number of nitrogens with two attached hydrogens (primary N) is 1. The molecular weight excluding hydrogens is 160 g/mol. The van der Waals surface area contributed by atoms with Crippen molar-refractivity contribution in [3.8, 4) is 6.07 Å². The summed E-state index contributed by atoms with van der Waals surface area (Å²) in [4.78, 5) is 0. The summed E-state index contributed by atoms with van der Waals surface area (Å²) >= 11 is 0. The van der Waals surface area contributed by atoms with E-state index in [1.807, 2.05) is 13.0 Å². The molecule has 2 unspecified atom stereocenters. The van der Waals surface area contributed by atoms with Crippen LogP contribution in [0.3, 0.4) is 0 Å². The van der Waals surface area contributed by atoms with E-state index in [0.29, 0.717) is 17.9 Å². The average molecular weight is 174 g/mol. The highest BCUT2D eigenvalue weighted by Crippen LogP contribution is 1.93. The quantitative estimate of drug-likeness (QED) is 0.613. The van der Waals surface area contributed by atoms with E-state index in [-0.39, 0.29) is 6.04 Å². The molecule has 64 valence electrons. The van der Waals surface area contributed by atoms with Gasteiger partial charge >= 0.3 is 0 Å². The van der Waals surface area contributed by atoms with Crippen LogP contribution in [-0.2, 0) is 10.8 Å².